The summed E-state index contributed by atoms with van der Waals surface area (Å²) in [4.78, 5) is 13.7. The normalized spacial score (nSPS) is 17.3. The van der Waals surface area contributed by atoms with Crippen LogP contribution >= 0.6 is 11.6 Å². The van der Waals surface area contributed by atoms with Crippen molar-refractivity contribution in [3.8, 4) is 0 Å². The smallest absolute Gasteiger partial charge is 0.156 e. The van der Waals surface area contributed by atoms with E-state index in [1.807, 2.05) is 30.2 Å². The number of alkyl halides is 1. The lowest BCUT2D eigenvalue weighted by atomic mass is 10.3. The summed E-state index contributed by atoms with van der Waals surface area (Å²) in [6, 6.07) is 2.01. The van der Waals surface area contributed by atoms with Crippen molar-refractivity contribution in [1.29, 1.82) is 0 Å². The number of aromatic nitrogens is 3. The van der Waals surface area contributed by atoms with Crippen LogP contribution < -0.4 is 4.90 Å². The van der Waals surface area contributed by atoms with Gasteiger partial charge in [0.15, 0.2) is 5.82 Å². The van der Waals surface area contributed by atoms with Crippen LogP contribution in [0.15, 0.2) is 18.6 Å². The molecular weight excluding hydrogens is 262 g/mol. The zero-order valence-electron chi connectivity index (χ0n) is 11.1. The Morgan fingerprint density at radius 1 is 1.21 bits per heavy atom. The molecule has 0 aromatic carbocycles. The lowest BCUT2D eigenvalue weighted by Crippen LogP contribution is -2.47. The van der Waals surface area contributed by atoms with E-state index in [1.165, 1.54) is 0 Å². The van der Waals surface area contributed by atoms with Crippen LogP contribution in [0.5, 0.6) is 0 Å². The molecule has 2 aromatic heterocycles. The van der Waals surface area contributed by atoms with Crippen molar-refractivity contribution in [3.05, 3.63) is 18.6 Å². The summed E-state index contributed by atoms with van der Waals surface area (Å²) in [6.07, 6.45) is 3.71. The number of hydrogen-bond acceptors (Lipinski definition) is 4. The summed E-state index contributed by atoms with van der Waals surface area (Å²) in [5, 5.41) is 0. The highest BCUT2D eigenvalue weighted by atomic mass is 35.5. The molecule has 0 aliphatic carbocycles. The second-order valence-electron chi connectivity index (χ2n) is 4.88. The molecule has 6 heteroatoms. The predicted octanol–water partition coefficient (Wildman–Crippen LogP) is 1.33. The van der Waals surface area contributed by atoms with E-state index in [2.05, 4.69) is 19.8 Å². The number of piperazine rings is 1. The quantitative estimate of drug-likeness (QED) is 0.795. The summed E-state index contributed by atoms with van der Waals surface area (Å²) < 4.78 is 2.03. The predicted molar refractivity (Wildman–Crippen MR) is 77.9 cm³/mol. The van der Waals surface area contributed by atoms with Crippen molar-refractivity contribution in [1.82, 2.24) is 19.4 Å². The number of pyridine rings is 1. The van der Waals surface area contributed by atoms with E-state index in [0.29, 0.717) is 5.88 Å². The van der Waals surface area contributed by atoms with E-state index in [0.717, 1.165) is 49.6 Å². The average Bonchev–Trinajstić information content (AvgIpc) is 2.82. The molecule has 0 saturated carbocycles. The van der Waals surface area contributed by atoms with E-state index in [9.17, 15) is 0 Å². The monoisotopic (exact) mass is 279 g/mol. The highest BCUT2D eigenvalue weighted by molar-refractivity contribution is 6.18. The molecule has 0 unspecified atom stereocenters. The minimum absolute atomic E-state index is 0.702. The Morgan fingerprint density at radius 3 is 2.74 bits per heavy atom. The number of nitrogens with zero attached hydrogens (tertiary/aromatic N) is 5. The fraction of sp³-hybridized carbons (Fsp3) is 0.538. The fourth-order valence-electron chi connectivity index (χ4n) is 2.58. The van der Waals surface area contributed by atoms with Crippen LogP contribution in [-0.2, 0) is 7.05 Å². The Kier molecular flexibility index (Phi) is 3.57. The molecule has 1 aliphatic heterocycles. The maximum Gasteiger partial charge on any atom is 0.156 e. The number of hydrogen-bond donors (Lipinski definition) is 0. The Hall–Kier alpha value is -1.33. The van der Waals surface area contributed by atoms with Gasteiger partial charge in [-0.1, -0.05) is 0 Å². The number of fused-ring (bicyclic) bond motifs is 1. The van der Waals surface area contributed by atoms with Crippen LogP contribution in [0.25, 0.3) is 11.0 Å². The topological polar surface area (TPSA) is 37.2 Å². The van der Waals surface area contributed by atoms with Crippen molar-refractivity contribution >= 4 is 28.5 Å². The molecule has 0 N–H and O–H groups in total. The molecule has 3 rings (SSSR count). The summed E-state index contributed by atoms with van der Waals surface area (Å²) in [7, 11) is 2.01. The second kappa shape index (κ2) is 5.35. The van der Waals surface area contributed by atoms with Crippen molar-refractivity contribution in [2.75, 3.05) is 43.5 Å². The van der Waals surface area contributed by atoms with Crippen molar-refractivity contribution < 1.29 is 0 Å². The van der Waals surface area contributed by atoms with Crippen LogP contribution in [0, 0.1) is 0 Å². The summed E-state index contributed by atoms with van der Waals surface area (Å²) in [5.41, 5.74) is 2.13. The van der Waals surface area contributed by atoms with Crippen molar-refractivity contribution in [2.24, 2.45) is 7.05 Å². The lowest BCUT2D eigenvalue weighted by Gasteiger charge is -2.35. The van der Waals surface area contributed by atoms with Gasteiger partial charge >= 0.3 is 0 Å². The van der Waals surface area contributed by atoms with Gasteiger partial charge in [-0.2, -0.15) is 0 Å². The fourth-order valence-corrected chi connectivity index (χ4v) is 2.82. The van der Waals surface area contributed by atoms with E-state index < -0.39 is 0 Å². The number of anilines is 1. The maximum atomic E-state index is 5.79. The van der Waals surface area contributed by atoms with Crippen LogP contribution in [0.2, 0.25) is 0 Å². The SMILES string of the molecule is Cn1cnc2c(N3CCN(CCCl)CC3)nccc21. The zero-order valence-corrected chi connectivity index (χ0v) is 11.8. The molecule has 3 heterocycles. The van der Waals surface area contributed by atoms with Crippen LogP contribution in [0.1, 0.15) is 0 Å². The third kappa shape index (κ3) is 2.40. The summed E-state index contributed by atoms with van der Waals surface area (Å²) in [5.74, 6) is 1.71. The molecule has 1 saturated heterocycles. The average molecular weight is 280 g/mol. The number of imidazole rings is 1. The first-order valence-electron chi connectivity index (χ1n) is 6.59. The van der Waals surface area contributed by atoms with E-state index in [-0.39, 0.29) is 0 Å². The number of aryl methyl sites for hydroxylation is 1. The molecule has 102 valence electrons. The lowest BCUT2D eigenvalue weighted by molar-refractivity contribution is 0.272. The van der Waals surface area contributed by atoms with Gasteiger partial charge in [0, 0.05) is 51.8 Å². The molecule has 19 heavy (non-hydrogen) atoms. The highest BCUT2D eigenvalue weighted by Crippen LogP contribution is 2.23. The van der Waals surface area contributed by atoms with E-state index >= 15 is 0 Å². The molecule has 0 spiro atoms. The Balaban J connectivity index is 1.82. The van der Waals surface area contributed by atoms with Gasteiger partial charge in [-0.25, -0.2) is 9.97 Å². The minimum Gasteiger partial charge on any atom is -0.352 e. The zero-order chi connectivity index (χ0) is 13.2. The molecular formula is C13H18ClN5. The third-order valence-corrected chi connectivity index (χ3v) is 3.87. The first kappa shape index (κ1) is 12.7. The van der Waals surface area contributed by atoms with Gasteiger partial charge < -0.3 is 9.47 Å². The summed E-state index contributed by atoms with van der Waals surface area (Å²) >= 11 is 5.79. The molecule has 0 amide bonds. The molecule has 0 bridgehead atoms. The number of rotatable bonds is 3. The van der Waals surface area contributed by atoms with Crippen LogP contribution in [-0.4, -0.2) is 58.0 Å². The first-order valence-corrected chi connectivity index (χ1v) is 7.12. The third-order valence-electron chi connectivity index (χ3n) is 3.70. The van der Waals surface area contributed by atoms with Crippen molar-refractivity contribution in [2.45, 2.75) is 0 Å². The van der Waals surface area contributed by atoms with Gasteiger partial charge in [0.1, 0.15) is 5.52 Å². The maximum absolute atomic E-state index is 5.79. The molecule has 5 nitrogen and oxygen atoms in total. The molecule has 2 aromatic rings. The Bertz CT molecular complexity index is 559. The largest absolute Gasteiger partial charge is 0.352 e. The van der Waals surface area contributed by atoms with E-state index in [1.54, 1.807) is 0 Å². The Labute approximate surface area is 117 Å². The molecule has 0 radical (unpaired) electrons. The molecule has 1 fully saturated rings. The van der Waals surface area contributed by atoms with Gasteiger partial charge in [-0.05, 0) is 6.07 Å². The van der Waals surface area contributed by atoms with Gasteiger partial charge in [0.2, 0.25) is 0 Å². The highest BCUT2D eigenvalue weighted by Gasteiger charge is 2.20. The minimum atomic E-state index is 0.702. The Morgan fingerprint density at radius 2 is 2.00 bits per heavy atom. The molecule has 1 aliphatic rings. The summed E-state index contributed by atoms with van der Waals surface area (Å²) in [6.45, 7) is 5.02. The van der Waals surface area contributed by atoms with Crippen LogP contribution in [0.4, 0.5) is 5.82 Å². The van der Waals surface area contributed by atoms with Crippen LogP contribution in [0.3, 0.4) is 0 Å². The van der Waals surface area contributed by atoms with Gasteiger partial charge in [-0.15, -0.1) is 11.6 Å². The van der Waals surface area contributed by atoms with Gasteiger partial charge in [0.25, 0.3) is 0 Å². The second-order valence-corrected chi connectivity index (χ2v) is 5.25. The molecule has 0 atom stereocenters. The van der Waals surface area contributed by atoms with Gasteiger partial charge in [0.05, 0.1) is 11.8 Å². The van der Waals surface area contributed by atoms with Gasteiger partial charge in [-0.3, -0.25) is 4.90 Å². The standard InChI is InChI=1S/C13H18ClN5/c1-17-10-16-12-11(17)2-4-15-13(12)19-8-6-18(5-3-14)7-9-19/h2,4,10H,3,5-9H2,1H3. The first-order chi connectivity index (χ1) is 9.29. The van der Waals surface area contributed by atoms with Crippen molar-refractivity contribution in [3.63, 3.8) is 0 Å². The number of halogens is 1. The van der Waals surface area contributed by atoms with E-state index in [4.69, 9.17) is 11.6 Å².